The van der Waals surface area contributed by atoms with Crippen LogP contribution < -0.4 is 4.90 Å². The van der Waals surface area contributed by atoms with E-state index in [1.165, 1.54) is 0 Å². The summed E-state index contributed by atoms with van der Waals surface area (Å²) < 4.78 is 0. The van der Waals surface area contributed by atoms with Crippen LogP contribution in [-0.2, 0) is 0 Å². The number of rotatable bonds is 1. The van der Waals surface area contributed by atoms with Gasteiger partial charge in [0.05, 0.1) is 0 Å². The van der Waals surface area contributed by atoms with Crippen molar-refractivity contribution >= 4 is 17.4 Å². The summed E-state index contributed by atoms with van der Waals surface area (Å²) in [4.78, 5) is 1.81. The molecule has 0 radical (unpaired) electrons. The van der Waals surface area contributed by atoms with Gasteiger partial charge in [0.25, 0.3) is 0 Å². The van der Waals surface area contributed by atoms with Crippen molar-refractivity contribution < 1.29 is 0 Å². The van der Waals surface area contributed by atoms with Gasteiger partial charge in [-0.1, -0.05) is 11.6 Å². The van der Waals surface area contributed by atoms with Gasteiger partial charge < -0.3 is 4.90 Å². The fourth-order valence-electron chi connectivity index (χ4n) is 0.494. The van der Waals surface area contributed by atoms with Crippen molar-refractivity contribution in [2.24, 2.45) is 0 Å². The third-order valence-electron chi connectivity index (χ3n) is 0.994. The van der Waals surface area contributed by atoms with E-state index in [0.717, 1.165) is 0 Å². The van der Waals surface area contributed by atoms with Gasteiger partial charge in [0.1, 0.15) is 0 Å². The molecule has 10 heavy (non-hydrogen) atoms. The van der Waals surface area contributed by atoms with E-state index in [1.807, 2.05) is 14.1 Å². The Morgan fingerprint density at radius 1 is 1.40 bits per heavy atom. The zero-order valence-electron chi connectivity index (χ0n) is 5.74. The van der Waals surface area contributed by atoms with E-state index < -0.39 is 0 Å². The number of anilines is 1. The molecule has 0 saturated heterocycles. The molecular weight excluding hydrogens is 152 g/mol. The summed E-state index contributed by atoms with van der Waals surface area (Å²) in [5.74, 6) is 0.708. The Balaban J connectivity index is 2.96. The minimum absolute atomic E-state index is 0.360. The predicted molar refractivity (Wildman–Crippen MR) is 39.2 cm³/mol. The number of halogens is 1. The van der Waals surface area contributed by atoms with Crippen molar-refractivity contribution in [2.75, 3.05) is 19.0 Å². The lowest BCUT2D eigenvalue weighted by Crippen LogP contribution is -2.11. The Morgan fingerprint density at radius 2 is 2.10 bits per heavy atom. The Kier molecular flexibility index (Phi) is 2.01. The van der Waals surface area contributed by atoms with E-state index in [4.69, 9.17) is 11.6 Å². The largest absolute Gasteiger partial charge is 0.361 e. The fraction of sp³-hybridized carbons (Fsp3) is 0.400. The maximum absolute atomic E-state index is 5.55. The quantitative estimate of drug-likeness (QED) is 0.600. The van der Waals surface area contributed by atoms with Gasteiger partial charge in [-0.3, -0.25) is 0 Å². The molecule has 1 aromatic rings. The molecular formula is C5H7ClN4. The molecule has 4 nitrogen and oxygen atoms in total. The average molecular weight is 159 g/mol. The van der Waals surface area contributed by atoms with Gasteiger partial charge in [-0.15, -0.1) is 10.2 Å². The van der Waals surface area contributed by atoms with Crippen LogP contribution in [0.2, 0.25) is 5.15 Å². The van der Waals surface area contributed by atoms with Crippen LogP contribution in [0.3, 0.4) is 0 Å². The summed E-state index contributed by atoms with van der Waals surface area (Å²) in [6.45, 7) is 0. The highest BCUT2D eigenvalue weighted by atomic mass is 35.5. The SMILES string of the molecule is CN(C)c1cc(Cl)nnn1. The first-order valence-corrected chi connectivity index (χ1v) is 3.11. The lowest BCUT2D eigenvalue weighted by Gasteiger charge is -2.07. The molecule has 1 aromatic heterocycles. The molecule has 0 aliphatic heterocycles. The standard InChI is InChI=1S/C5H7ClN4/c1-10(2)5-3-4(6)7-9-8-5/h3H,1-2H3. The molecule has 0 saturated carbocycles. The topological polar surface area (TPSA) is 41.9 Å². The van der Waals surface area contributed by atoms with Gasteiger partial charge in [0.15, 0.2) is 11.0 Å². The van der Waals surface area contributed by atoms with Gasteiger partial charge in [-0.05, 0) is 5.21 Å². The first-order chi connectivity index (χ1) is 4.70. The molecule has 0 amide bonds. The van der Waals surface area contributed by atoms with Gasteiger partial charge in [-0.2, -0.15) is 0 Å². The highest BCUT2D eigenvalue weighted by Crippen LogP contribution is 2.08. The summed E-state index contributed by atoms with van der Waals surface area (Å²) in [5.41, 5.74) is 0. The normalized spacial score (nSPS) is 9.50. The Morgan fingerprint density at radius 3 is 2.50 bits per heavy atom. The maximum atomic E-state index is 5.55. The molecule has 0 N–H and O–H groups in total. The van der Waals surface area contributed by atoms with Crippen LogP contribution in [0.5, 0.6) is 0 Å². The Bertz CT molecular complexity index is 225. The zero-order valence-corrected chi connectivity index (χ0v) is 6.50. The number of hydrogen-bond donors (Lipinski definition) is 0. The highest BCUT2D eigenvalue weighted by Gasteiger charge is 1.97. The summed E-state index contributed by atoms with van der Waals surface area (Å²) in [5, 5.41) is 11.0. The van der Waals surface area contributed by atoms with Crippen LogP contribution in [0, 0.1) is 0 Å². The molecule has 0 atom stereocenters. The molecule has 0 aromatic carbocycles. The average Bonchev–Trinajstić information content (AvgIpc) is 1.88. The lowest BCUT2D eigenvalue weighted by molar-refractivity contribution is 0.846. The Hall–Kier alpha value is -0.900. The van der Waals surface area contributed by atoms with E-state index in [0.29, 0.717) is 11.0 Å². The molecule has 0 unspecified atom stereocenters. The summed E-state index contributed by atoms with van der Waals surface area (Å²) >= 11 is 5.55. The maximum Gasteiger partial charge on any atom is 0.157 e. The molecule has 1 rings (SSSR count). The van der Waals surface area contributed by atoms with E-state index in [1.54, 1.807) is 11.0 Å². The zero-order chi connectivity index (χ0) is 7.56. The van der Waals surface area contributed by atoms with Crippen LogP contribution >= 0.6 is 11.6 Å². The van der Waals surface area contributed by atoms with E-state index in [9.17, 15) is 0 Å². The molecule has 0 aliphatic carbocycles. The minimum atomic E-state index is 0.360. The van der Waals surface area contributed by atoms with Crippen LogP contribution in [0.4, 0.5) is 5.82 Å². The fourth-order valence-corrected chi connectivity index (χ4v) is 0.625. The lowest BCUT2D eigenvalue weighted by atomic mass is 10.6. The first-order valence-electron chi connectivity index (χ1n) is 2.73. The van der Waals surface area contributed by atoms with Gasteiger partial charge in [0.2, 0.25) is 0 Å². The molecule has 1 heterocycles. The number of hydrogen-bond acceptors (Lipinski definition) is 4. The molecule has 0 fully saturated rings. The monoisotopic (exact) mass is 158 g/mol. The molecule has 0 aliphatic rings. The van der Waals surface area contributed by atoms with Crippen molar-refractivity contribution in [3.63, 3.8) is 0 Å². The van der Waals surface area contributed by atoms with Crippen LogP contribution in [0.15, 0.2) is 6.07 Å². The second kappa shape index (κ2) is 2.79. The van der Waals surface area contributed by atoms with Crippen LogP contribution in [-0.4, -0.2) is 29.5 Å². The Labute approximate surface area is 63.8 Å². The van der Waals surface area contributed by atoms with E-state index in [-0.39, 0.29) is 0 Å². The smallest absolute Gasteiger partial charge is 0.157 e. The van der Waals surface area contributed by atoms with E-state index in [2.05, 4.69) is 15.4 Å². The number of aromatic nitrogens is 3. The second-order valence-corrected chi connectivity index (χ2v) is 2.40. The van der Waals surface area contributed by atoms with Crippen molar-refractivity contribution in [1.29, 1.82) is 0 Å². The van der Waals surface area contributed by atoms with Crippen molar-refractivity contribution in [2.45, 2.75) is 0 Å². The molecule has 0 bridgehead atoms. The summed E-state index contributed by atoms with van der Waals surface area (Å²) in [7, 11) is 3.72. The van der Waals surface area contributed by atoms with Gasteiger partial charge in [0, 0.05) is 20.2 Å². The molecule has 5 heteroatoms. The van der Waals surface area contributed by atoms with Gasteiger partial charge in [-0.25, -0.2) is 0 Å². The summed E-state index contributed by atoms with van der Waals surface area (Å²) in [6.07, 6.45) is 0. The third kappa shape index (κ3) is 1.54. The molecule has 54 valence electrons. The van der Waals surface area contributed by atoms with E-state index >= 15 is 0 Å². The van der Waals surface area contributed by atoms with Crippen molar-refractivity contribution in [1.82, 2.24) is 15.4 Å². The first kappa shape index (κ1) is 7.21. The summed E-state index contributed by atoms with van der Waals surface area (Å²) in [6, 6.07) is 1.65. The minimum Gasteiger partial charge on any atom is -0.361 e. The highest BCUT2D eigenvalue weighted by molar-refractivity contribution is 6.29. The predicted octanol–water partition coefficient (Wildman–Crippen LogP) is 0.591. The van der Waals surface area contributed by atoms with Crippen molar-refractivity contribution in [3.8, 4) is 0 Å². The van der Waals surface area contributed by atoms with Crippen molar-refractivity contribution in [3.05, 3.63) is 11.2 Å². The number of nitrogens with zero attached hydrogens (tertiary/aromatic N) is 4. The van der Waals surface area contributed by atoms with Crippen LogP contribution in [0.25, 0.3) is 0 Å². The van der Waals surface area contributed by atoms with Crippen LogP contribution in [0.1, 0.15) is 0 Å². The third-order valence-corrected chi connectivity index (χ3v) is 1.18. The van der Waals surface area contributed by atoms with Gasteiger partial charge >= 0.3 is 0 Å². The second-order valence-electron chi connectivity index (χ2n) is 2.01. The molecule has 0 spiro atoms.